The van der Waals surface area contributed by atoms with Gasteiger partial charge < -0.3 is 9.84 Å². The van der Waals surface area contributed by atoms with E-state index in [2.05, 4.69) is 20.8 Å². The van der Waals surface area contributed by atoms with Gasteiger partial charge in [-0.05, 0) is 55.5 Å². The third kappa shape index (κ3) is 5.26. The molecular formula is C21H19N5O5S. The number of amides is 1. The number of hydrogen-bond acceptors (Lipinski definition) is 6. The molecular weight excluding hydrogens is 434 g/mol. The van der Waals surface area contributed by atoms with E-state index in [-0.39, 0.29) is 10.7 Å². The van der Waals surface area contributed by atoms with Crippen molar-refractivity contribution in [2.75, 3.05) is 6.61 Å². The average Bonchev–Trinajstić information content (AvgIpc) is 2.79. The quantitative estimate of drug-likeness (QED) is 0.259. The maximum atomic E-state index is 12.3. The van der Waals surface area contributed by atoms with Crippen LogP contribution in [0.1, 0.15) is 22.8 Å². The van der Waals surface area contributed by atoms with Crippen LogP contribution >= 0.6 is 12.2 Å². The van der Waals surface area contributed by atoms with Gasteiger partial charge in [-0.25, -0.2) is 14.4 Å². The molecule has 3 aromatic rings. The van der Waals surface area contributed by atoms with Gasteiger partial charge in [-0.15, -0.1) is 0 Å². The van der Waals surface area contributed by atoms with E-state index in [4.69, 9.17) is 17.0 Å². The monoisotopic (exact) mass is 453 g/mol. The number of nitrogens with one attached hydrogen (secondary N) is 3. The van der Waals surface area contributed by atoms with Crippen molar-refractivity contribution in [2.45, 2.75) is 6.92 Å². The Balaban J connectivity index is 1.79. The molecule has 1 aromatic heterocycles. The largest absolute Gasteiger partial charge is 0.494 e. The molecule has 11 heteroatoms. The molecule has 4 N–H and O–H groups in total. The van der Waals surface area contributed by atoms with Crippen LogP contribution in [0.3, 0.4) is 0 Å². The van der Waals surface area contributed by atoms with Crippen molar-refractivity contribution in [1.82, 2.24) is 20.4 Å². The van der Waals surface area contributed by atoms with E-state index in [1.54, 1.807) is 54.6 Å². The van der Waals surface area contributed by atoms with Crippen molar-refractivity contribution in [2.24, 2.45) is 4.99 Å². The molecule has 0 aliphatic rings. The molecule has 0 saturated carbocycles. The van der Waals surface area contributed by atoms with Gasteiger partial charge in [0.2, 0.25) is 11.0 Å². The second-order valence-corrected chi connectivity index (χ2v) is 6.65. The molecule has 0 fully saturated rings. The zero-order valence-corrected chi connectivity index (χ0v) is 17.7. The molecule has 0 aliphatic carbocycles. The number of rotatable bonds is 5. The molecule has 3 rings (SSSR count). The van der Waals surface area contributed by atoms with Crippen LogP contribution in [0.4, 0.5) is 0 Å². The van der Waals surface area contributed by atoms with E-state index in [1.807, 2.05) is 6.92 Å². The Bertz CT molecular complexity index is 1270. The summed E-state index contributed by atoms with van der Waals surface area (Å²) in [5.74, 6) is -0.473. The van der Waals surface area contributed by atoms with E-state index >= 15 is 0 Å². The number of H-pyrrole nitrogens is 1. The Labute approximate surface area is 187 Å². The van der Waals surface area contributed by atoms with E-state index < -0.39 is 23.0 Å². The Morgan fingerprint density at radius 1 is 1.16 bits per heavy atom. The molecule has 1 heterocycles. The second-order valence-electron chi connectivity index (χ2n) is 6.27. The third-order valence-electron chi connectivity index (χ3n) is 4.16. The number of nitrogens with zero attached hydrogens (tertiary/aromatic N) is 2. The van der Waals surface area contributed by atoms with Gasteiger partial charge in [-0.2, -0.15) is 0 Å². The van der Waals surface area contributed by atoms with Gasteiger partial charge in [0.25, 0.3) is 11.5 Å². The van der Waals surface area contributed by atoms with Crippen molar-refractivity contribution >= 4 is 29.5 Å². The summed E-state index contributed by atoms with van der Waals surface area (Å²) in [5.41, 5.74) is 3.52. The van der Waals surface area contributed by atoms with Crippen LogP contribution in [-0.4, -0.2) is 38.5 Å². The molecule has 0 aliphatic heterocycles. The lowest BCUT2D eigenvalue weighted by Gasteiger charge is -2.10. The number of carbonyl (C=O) groups is 1. The smallest absolute Gasteiger partial charge is 0.335 e. The molecule has 164 valence electrons. The van der Waals surface area contributed by atoms with Gasteiger partial charge in [0.05, 0.1) is 12.3 Å². The third-order valence-corrected chi connectivity index (χ3v) is 4.36. The van der Waals surface area contributed by atoms with Gasteiger partial charge in [0.15, 0.2) is 0 Å². The van der Waals surface area contributed by atoms with Crippen LogP contribution in [0.5, 0.6) is 11.6 Å². The first-order chi connectivity index (χ1) is 15.4. The number of aromatic hydroxyl groups is 1. The van der Waals surface area contributed by atoms with Crippen LogP contribution in [-0.2, 0) is 0 Å². The van der Waals surface area contributed by atoms with Crippen LogP contribution in [0.15, 0.2) is 69.2 Å². The molecule has 10 nitrogen and oxygen atoms in total. The molecule has 0 atom stereocenters. The normalized spacial score (nSPS) is 10.7. The Hall–Kier alpha value is -4.25. The summed E-state index contributed by atoms with van der Waals surface area (Å²) >= 11 is 5.00. The highest BCUT2D eigenvalue weighted by atomic mass is 32.1. The van der Waals surface area contributed by atoms with Gasteiger partial charge in [-0.3, -0.25) is 25.4 Å². The van der Waals surface area contributed by atoms with Crippen LogP contribution in [0, 0.1) is 0 Å². The highest BCUT2D eigenvalue weighted by Gasteiger charge is 2.14. The molecule has 0 bridgehead atoms. The maximum absolute atomic E-state index is 12.3. The molecule has 2 aromatic carbocycles. The lowest BCUT2D eigenvalue weighted by molar-refractivity contribution is 0.0944. The fraction of sp³-hybridized carbons (Fsp3) is 0.0952. The van der Waals surface area contributed by atoms with Crippen molar-refractivity contribution in [3.63, 3.8) is 0 Å². The fourth-order valence-corrected chi connectivity index (χ4v) is 2.78. The average molecular weight is 453 g/mol. The summed E-state index contributed by atoms with van der Waals surface area (Å²) in [5, 5.41) is 10.4. The predicted molar refractivity (Wildman–Crippen MR) is 123 cm³/mol. The molecule has 0 unspecified atom stereocenters. The Kier molecular flexibility index (Phi) is 7.13. The molecule has 0 radical (unpaired) electrons. The number of thiocarbonyl (C=S) groups is 1. The van der Waals surface area contributed by atoms with Gasteiger partial charge >= 0.3 is 5.69 Å². The van der Waals surface area contributed by atoms with E-state index in [0.717, 1.165) is 10.8 Å². The molecule has 32 heavy (non-hydrogen) atoms. The van der Waals surface area contributed by atoms with Gasteiger partial charge in [-0.1, -0.05) is 18.2 Å². The minimum absolute atomic E-state index is 0.174. The predicted octanol–water partition coefficient (Wildman–Crippen LogP) is 1.27. The summed E-state index contributed by atoms with van der Waals surface area (Å²) in [4.78, 5) is 42.4. The number of hydrogen-bond donors (Lipinski definition) is 4. The first-order valence-electron chi connectivity index (χ1n) is 9.41. The SMILES string of the molecule is CCOc1ccc(-n2c(O)c(C=NC(=S)NNC(=O)c3ccccc3)c(=O)[nH]c2=O)cc1. The second kappa shape index (κ2) is 10.2. The topological polar surface area (TPSA) is 138 Å². The van der Waals surface area contributed by atoms with Gasteiger partial charge in [0, 0.05) is 11.8 Å². The molecule has 0 spiro atoms. The molecule has 1 amide bonds. The first-order valence-corrected chi connectivity index (χ1v) is 9.82. The van der Waals surface area contributed by atoms with E-state index in [0.29, 0.717) is 23.6 Å². The van der Waals surface area contributed by atoms with Crippen molar-refractivity contribution in [3.8, 4) is 17.3 Å². The number of benzene rings is 2. The Morgan fingerprint density at radius 2 is 1.84 bits per heavy atom. The zero-order chi connectivity index (χ0) is 23.1. The number of ether oxygens (including phenoxy) is 1. The fourth-order valence-electron chi connectivity index (χ4n) is 2.68. The van der Waals surface area contributed by atoms with E-state index in [9.17, 15) is 19.5 Å². The summed E-state index contributed by atoms with van der Waals surface area (Å²) < 4.78 is 6.26. The van der Waals surface area contributed by atoms with Crippen molar-refractivity contribution in [1.29, 1.82) is 0 Å². The van der Waals surface area contributed by atoms with Crippen molar-refractivity contribution in [3.05, 3.63) is 86.6 Å². The summed E-state index contributed by atoms with van der Waals surface area (Å²) in [6.07, 6.45) is 0.989. The number of aromatic amines is 1. The summed E-state index contributed by atoms with van der Waals surface area (Å²) in [6.45, 7) is 2.31. The lowest BCUT2D eigenvalue weighted by Crippen LogP contribution is -2.40. The zero-order valence-electron chi connectivity index (χ0n) is 16.9. The molecule has 0 saturated heterocycles. The minimum Gasteiger partial charge on any atom is -0.494 e. The van der Waals surface area contributed by atoms with Crippen LogP contribution in [0.2, 0.25) is 0 Å². The van der Waals surface area contributed by atoms with Gasteiger partial charge in [0.1, 0.15) is 11.3 Å². The maximum Gasteiger partial charge on any atom is 0.335 e. The highest BCUT2D eigenvalue weighted by Crippen LogP contribution is 2.18. The lowest BCUT2D eigenvalue weighted by atomic mass is 10.2. The number of aromatic nitrogens is 2. The number of hydrazine groups is 1. The highest BCUT2D eigenvalue weighted by molar-refractivity contribution is 7.80. The first kappa shape index (κ1) is 22.4. The van der Waals surface area contributed by atoms with Crippen LogP contribution in [0.25, 0.3) is 5.69 Å². The minimum atomic E-state index is -0.852. The standard InChI is InChI=1S/C21H19N5O5S/c1-2-31-15-10-8-14(9-11-15)26-19(29)16(18(28)23-21(26)30)12-22-20(32)25-24-17(27)13-6-4-3-5-7-13/h3-12,29H,2H2,1H3,(H,24,27)(H,25,32)(H,23,28,30). The number of carbonyl (C=O) groups excluding carboxylic acids is 1. The van der Waals surface area contributed by atoms with Crippen molar-refractivity contribution < 1.29 is 14.6 Å². The summed E-state index contributed by atoms with van der Waals surface area (Å²) in [6, 6.07) is 14.8. The van der Waals surface area contributed by atoms with E-state index in [1.165, 1.54) is 0 Å². The van der Waals surface area contributed by atoms with Crippen LogP contribution < -0.4 is 26.8 Å². The summed E-state index contributed by atoms with van der Waals surface area (Å²) in [7, 11) is 0. The Morgan fingerprint density at radius 3 is 2.50 bits per heavy atom. The number of aliphatic imine (C=N–C) groups is 1.